The van der Waals surface area contributed by atoms with Gasteiger partial charge in [0.05, 0.1) is 16.7 Å². The summed E-state index contributed by atoms with van der Waals surface area (Å²) in [4.78, 5) is 16.3. The quantitative estimate of drug-likeness (QED) is 0.375. The summed E-state index contributed by atoms with van der Waals surface area (Å²) >= 11 is 3.14. The SMILES string of the molecule is C[C@@H](Sc1nnc(-c2cccs2)n1Cc1ccccc1)C(=O)N1CCc2ccccc2C1. The van der Waals surface area contributed by atoms with E-state index in [4.69, 9.17) is 0 Å². The van der Waals surface area contributed by atoms with E-state index in [0.717, 1.165) is 28.8 Å². The Hall–Kier alpha value is -2.90. The van der Waals surface area contributed by atoms with E-state index in [1.807, 2.05) is 47.5 Å². The third-order valence-corrected chi connectivity index (χ3v) is 7.65. The van der Waals surface area contributed by atoms with E-state index in [-0.39, 0.29) is 11.2 Å². The molecule has 0 spiro atoms. The highest BCUT2D eigenvalue weighted by Gasteiger charge is 2.27. The number of hydrogen-bond acceptors (Lipinski definition) is 5. The second-order valence-electron chi connectivity index (χ2n) is 7.89. The second kappa shape index (κ2) is 9.30. The van der Waals surface area contributed by atoms with Crippen LogP contribution in [0.2, 0.25) is 0 Å². The molecule has 1 atom stereocenters. The van der Waals surface area contributed by atoms with Gasteiger partial charge in [-0.1, -0.05) is 72.4 Å². The van der Waals surface area contributed by atoms with E-state index in [9.17, 15) is 4.79 Å². The van der Waals surface area contributed by atoms with Gasteiger partial charge < -0.3 is 4.90 Å². The third-order valence-electron chi connectivity index (χ3n) is 5.71. The number of thioether (sulfide) groups is 1. The van der Waals surface area contributed by atoms with Crippen molar-refractivity contribution in [2.75, 3.05) is 6.54 Å². The molecule has 2 aromatic heterocycles. The van der Waals surface area contributed by atoms with Crippen molar-refractivity contribution in [2.24, 2.45) is 0 Å². The molecule has 0 N–H and O–H groups in total. The van der Waals surface area contributed by atoms with Crippen LogP contribution in [0.4, 0.5) is 0 Å². The van der Waals surface area contributed by atoms with Crippen LogP contribution in [-0.2, 0) is 24.3 Å². The molecule has 1 aliphatic rings. The lowest BCUT2D eigenvalue weighted by molar-refractivity contribution is -0.131. The summed E-state index contributed by atoms with van der Waals surface area (Å²) in [6.45, 7) is 4.08. The summed E-state index contributed by atoms with van der Waals surface area (Å²) in [7, 11) is 0. The molecule has 0 bridgehead atoms. The van der Waals surface area contributed by atoms with Crippen LogP contribution in [0.5, 0.6) is 0 Å². The predicted octanol–water partition coefficient (Wildman–Crippen LogP) is 5.12. The number of benzene rings is 2. The Labute approximate surface area is 196 Å². The molecule has 4 aromatic rings. The van der Waals surface area contributed by atoms with Crippen LogP contribution in [0, 0.1) is 0 Å². The number of aromatic nitrogens is 3. The molecule has 32 heavy (non-hydrogen) atoms. The third kappa shape index (κ3) is 4.36. The number of carbonyl (C=O) groups excluding carboxylic acids is 1. The van der Waals surface area contributed by atoms with E-state index >= 15 is 0 Å². The molecule has 5 rings (SSSR count). The lowest BCUT2D eigenvalue weighted by atomic mass is 10.00. The molecule has 0 aliphatic carbocycles. The Morgan fingerprint density at radius 1 is 1.03 bits per heavy atom. The maximum Gasteiger partial charge on any atom is 0.236 e. The van der Waals surface area contributed by atoms with Crippen LogP contribution in [0.25, 0.3) is 10.7 Å². The van der Waals surface area contributed by atoms with Crippen molar-refractivity contribution in [2.45, 2.75) is 36.8 Å². The molecule has 0 fully saturated rings. The van der Waals surface area contributed by atoms with Gasteiger partial charge in [0.25, 0.3) is 0 Å². The lowest BCUT2D eigenvalue weighted by Crippen LogP contribution is -2.40. The zero-order valence-electron chi connectivity index (χ0n) is 17.8. The second-order valence-corrected chi connectivity index (χ2v) is 10.1. The molecule has 3 heterocycles. The summed E-state index contributed by atoms with van der Waals surface area (Å²) in [6, 6.07) is 22.8. The molecule has 0 saturated carbocycles. The van der Waals surface area contributed by atoms with Crippen LogP contribution < -0.4 is 0 Å². The standard InChI is InChI=1S/C25H24N4OS2/c1-18(24(30)28-14-13-20-10-5-6-11-21(20)17-28)32-25-27-26-23(22-12-7-15-31-22)29(25)16-19-8-3-2-4-9-19/h2-12,15,18H,13-14,16-17H2,1H3/t18-/m1/s1. The van der Waals surface area contributed by atoms with Gasteiger partial charge in [0.15, 0.2) is 11.0 Å². The molecule has 0 radical (unpaired) electrons. The van der Waals surface area contributed by atoms with Gasteiger partial charge in [0, 0.05) is 13.1 Å². The Morgan fingerprint density at radius 3 is 2.59 bits per heavy atom. The van der Waals surface area contributed by atoms with Crippen molar-refractivity contribution in [3.05, 3.63) is 88.8 Å². The highest BCUT2D eigenvalue weighted by Crippen LogP contribution is 2.31. The monoisotopic (exact) mass is 460 g/mol. The van der Waals surface area contributed by atoms with E-state index in [2.05, 4.69) is 51.2 Å². The van der Waals surface area contributed by atoms with Crippen LogP contribution in [-0.4, -0.2) is 37.4 Å². The Kier molecular flexibility index (Phi) is 6.10. The van der Waals surface area contributed by atoms with Crippen molar-refractivity contribution in [3.8, 4) is 10.7 Å². The zero-order chi connectivity index (χ0) is 21.9. The molecule has 1 aliphatic heterocycles. The molecule has 5 nitrogen and oxygen atoms in total. The summed E-state index contributed by atoms with van der Waals surface area (Å²) < 4.78 is 2.13. The van der Waals surface area contributed by atoms with Crippen molar-refractivity contribution >= 4 is 29.0 Å². The average Bonchev–Trinajstić information content (AvgIpc) is 3.49. The van der Waals surface area contributed by atoms with E-state index in [1.54, 1.807) is 11.3 Å². The minimum absolute atomic E-state index is 0.149. The number of hydrogen-bond donors (Lipinski definition) is 0. The summed E-state index contributed by atoms with van der Waals surface area (Å²) in [6.07, 6.45) is 0.909. The number of amides is 1. The molecule has 1 amide bonds. The van der Waals surface area contributed by atoms with Crippen molar-refractivity contribution in [3.63, 3.8) is 0 Å². The largest absolute Gasteiger partial charge is 0.337 e. The molecule has 0 saturated heterocycles. The fourth-order valence-corrected chi connectivity index (χ4v) is 5.67. The van der Waals surface area contributed by atoms with Gasteiger partial charge in [0.2, 0.25) is 5.91 Å². The highest BCUT2D eigenvalue weighted by molar-refractivity contribution is 8.00. The number of thiophene rings is 1. The average molecular weight is 461 g/mol. The van der Waals surface area contributed by atoms with Gasteiger partial charge in [-0.3, -0.25) is 9.36 Å². The molecule has 162 valence electrons. The topological polar surface area (TPSA) is 51.0 Å². The summed E-state index contributed by atoms with van der Waals surface area (Å²) in [5.41, 5.74) is 3.77. The normalized spacial score (nSPS) is 14.2. The van der Waals surface area contributed by atoms with Gasteiger partial charge >= 0.3 is 0 Å². The number of rotatable bonds is 6. The molecule has 2 aromatic carbocycles. The lowest BCUT2D eigenvalue weighted by Gasteiger charge is -2.30. The van der Waals surface area contributed by atoms with Gasteiger partial charge in [-0.15, -0.1) is 21.5 Å². The smallest absolute Gasteiger partial charge is 0.236 e. The zero-order valence-corrected chi connectivity index (χ0v) is 19.5. The van der Waals surface area contributed by atoms with Crippen molar-refractivity contribution in [1.29, 1.82) is 0 Å². The number of carbonyl (C=O) groups is 1. The van der Waals surface area contributed by atoms with Gasteiger partial charge in [-0.2, -0.15) is 0 Å². The Bertz CT molecular complexity index is 1200. The maximum absolute atomic E-state index is 13.3. The van der Waals surface area contributed by atoms with Crippen LogP contribution >= 0.6 is 23.1 Å². The van der Waals surface area contributed by atoms with Crippen LogP contribution in [0.15, 0.2) is 77.3 Å². The van der Waals surface area contributed by atoms with Gasteiger partial charge in [-0.05, 0) is 41.5 Å². The molecular formula is C25H24N4OS2. The minimum Gasteiger partial charge on any atom is -0.337 e. The van der Waals surface area contributed by atoms with E-state index in [0.29, 0.717) is 13.1 Å². The number of fused-ring (bicyclic) bond motifs is 1. The Morgan fingerprint density at radius 2 is 1.81 bits per heavy atom. The van der Waals surface area contributed by atoms with Gasteiger partial charge in [0.1, 0.15) is 0 Å². The maximum atomic E-state index is 13.3. The predicted molar refractivity (Wildman–Crippen MR) is 130 cm³/mol. The molecule has 7 heteroatoms. The van der Waals surface area contributed by atoms with E-state index in [1.165, 1.54) is 28.5 Å². The van der Waals surface area contributed by atoms with Gasteiger partial charge in [-0.25, -0.2) is 0 Å². The fraction of sp³-hybridized carbons (Fsp3) is 0.240. The number of nitrogens with zero attached hydrogens (tertiary/aromatic N) is 4. The fourth-order valence-electron chi connectivity index (χ4n) is 4.02. The van der Waals surface area contributed by atoms with Crippen LogP contribution in [0.3, 0.4) is 0 Å². The minimum atomic E-state index is -0.241. The van der Waals surface area contributed by atoms with Crippen molar-refractivity contribution in [1.82, 2.24) is 19.7 Å². The molecular weight excluding hydrogens is 436 g/mol. The van der Waals surface area contributed by atoms with Crippen molar-refractivity contribution < 1.29 is 4.79 Å². The summed E-state index contributed by atoms with van der Waals surface area (Å²) in [5, 5.41) is 11.5. The van der Waals surface area contributed by atoms with E-state index < -0.39 is 0 Å². The highest BCUT2D eigenvalue weighted by atomic mass is 32.2. The first-order valence-corrected chi connectivity index (χ1v) is 12.5. The van der Waals surface area contributed by atoms with Crippen LogP contribution in [0.1, 0.15) is 23.6 Å². The first kappa shape index (κ1) is 21.0. The summed E-state index contributed by atoms with van der Waals surface area (Å²) in [5.74, 6) is 0.995. The molecule has 0 unspecified atom stereocenters. The first-order chi connectivity index (χ1) is 15.7. The first-order valence-electron chi connectivity index (χ1n) is 10.7. The Balaban J connectivity index is 1.37.